The van der Waals surface area contributed by atoms with Crippen molar-refractivity contribution in [3.05, 3.63) is 28.2 Å². The lowest BCUT2D eigenvalue weighted by atomic mass is 10.2. The van der Waals surface area contributed by atoms with Crippen molar-refractivity contribution in [3.8, 4) is 6.07 Å². The molecule has 0 aromatic heterocycles. The molecule has 0 saturated carbocycles. The highest BCUT2D eigenvalue weighted by Gasteiger charge is 2.11. The van der Waals surface area contributed by atoms with Crippen LogP contribution in [0.4, 0.5) is 5.69 Å². The maximum atomic E-state index is 11.3. The molecule has 0 aliphatic carbocycles. The van der Waals surface area contributed by atoms with Crippen LogP contribution in [0.1, 0.15) is 25.8 Å². The zero-order valence-corrected chi connectivity index (χ0v) is 12.0. The Balaban J connectivity index is 2.62. The first-order valence-corrected chi connectivity index (χ1v) is 6.48. The van der Waals surface area contributed by atoms with E-state index in [1.165, 1.54) is 0 Å². The molecule has 0 fully saturated rings. The Kier molecular flexibility index (Phi) is 5.66. The van der Waals surface area contributed by atoms with Crippen LogP contribution in [-0.2, 0) is 9.53 Å². The second-order valence-electron chi connectivity index (χ2n) is 3.86. The molecule has 18 heavy (non-hydrogen) atoms. The van der Waals surface area contributed by atoms with E-state index in [2.05, 4.69) is 27.3 Å². The molecule has 0 bridgehead atoms. The Morgan fingerprint density at radius 2 is 2.33 bits per heavy atom. The molecule has 96 valence electrons. The number of rotatable bonds is 5. The van der Waals surface area contributed by atoms with Crippen molar-refractivity contribution in [2.45, 2.75) is 26.3 Å². The fraction of sp³-hybridized carbons (Fsp3) is 0.385. The van der Waals surface area contributed by atoms with Crippen LogP contribution in [0.5, 0.6) is 0 Å². The van der Waals surface area contributed by atoms with Crippen molar-refractivity contribution in [1.29, 1.82) is 5.26 Å². The van der Waals surface area contributed by atoms with Gasteiger partial charge in [0.1, 0.15) is 0 Å². The minimum absolute atomic E-state index is 0.0340. The number of hydrogen-bond donors (Lipinski definition) is 1. The van der Waals surface area contributed by atoms with Crippen molar-refractivity contribution in [2.75, 3.05) is 11.9 Å². The van der Waals surface area contributed by atoms with Crippen LogP contribution in [0.3, 0.4) is 0 Å². The Morgan fingerprint density at radius 1 is 1.61 bits per heavy atom. The number of carbonyl (C=O) groups excluding carboxylic acids is 1. The van der Waals surface area contributed by atoms with E-state index < -0.39 is 0 Å². The van der Waals surface area contributed by atoms with Gasteiger partial charge in [-0.3, -0.25) is 4.79 Å². The van der Waals surface area contributed by atoms with Gasteiger partial charge in [0.05, 0.1) is 24.7 Å². The van der Waals surface area contributed by atoms with Crippen LogP contribution in [0.15, 0.2) is 22.7 Å². The normalized spacial score (nSPS) is 11.4. The number of anilines is 1. The van der Waals surface area contributed by atoms with Gasteiger partial charge in [-0.15, -0.1) is 0 Å². The summed E-state index contributed by atoms with van der Waals surface area (Å²) in [4.78, 5) is 11.3. The summed E-state index contributed by atoms with van der Waals surface area (Å²) in [5, 5.41) is 12.0. The Hall–Kier alpha value is -1.54. The molecule has 0 spiro atoms. The van der Waals surface area contributed by atoms with Crippen LogP contribution in [0.25, 0.3) is 0 Å². The van der Waals surface area contributed by atoms with Crippen molar-refractivity contribution >= 4 is 27.6 Å². The standard InChI is InChI=1S/C13H15BrN2O2/c1-3-18-13(17)6-9(2)16-12-5-4-10(8-15)7-11(12)14/h4-5,7,9,16H,3,6H2,1-2H3. The number of carbonyl (C=O) groups is 1. The van der Waals surface area contributed by atoms with Crippen LogP contribution in [-0.4, -0.2) is 18.6 Å². The molecule has 5 heteroatoms. The SMILES string of the molecule is CCOC(=O)CC(C)Nc1ccc(C#N)cc1Br. The Labute approximate surface area is 115 Å². The minimum atomic E-state index is -0.220. The van der Waals surface area contributed by atoms with Gasteiger partial charge in [-0.1, -0.05) is 0 Å². The fourth-order valence-electron chi connectivity index (χ4n) is 1.49. The van der Waals surface area contributed by atoms with Gasteiger partial charge in [0, 0.05) is 16.2 Å². The topological polar surface area (TPSA) is 62.1 Å². The molecular formula is C13H15BrN2O2. The second kappa shape index (κ2) is 7.02. The lowest BCUT2D eigenvalue weighted by Gasteiger charge is -2.15. The van der Waals surface area contributed by atoms with Crippen molar-refractivity contribution in [3.63, 3.8) is 0 Å². The fourth-order valence-corrected chi connectivity index (χ4v) is 1.98. The van der Waals surface area contributed by atoms with E-state index in [9.17, 15) is 4.79 Å². The third kappa shape index (κ3) is 4.38. The van der Waals surface area contributed by atoms with E-state index in [1.54, 1.807) is 19.1 Å². The molecule has 1 N–H and O–H groups in total. The van der Waals surface area contributed by atoms with Gasteiger partial charge < -0.3 is 10.1 Å². The first-order chi connectivity index (χ1) is 8.56. The van der Waals surface area contributed by atoms with E-state index in [0.717, 1.165) is 10.2 Å². The molecule has 0 aliphatic heterocycles. The zero-order chi connectivity index (χ0) is 13.5. The van der Waals surface area contributed by atoms with Crippen LogP contribution < -0.4 is 5.32 Å². The minimum Gasteiger partial charge on any atom is -0.466 e. The lowest BCUT2D eigenvalue weighted by Crippen LogP contribution is -2.21. The number of hydrogen-bond acceptors (Lipinski definition) is 4. The van der Waals surface area contributed by atoms with Gasteiger partial charge in [0.15, 0.2) is 0 Å². The maximum absolute atomic E-state index is 11.3. The highest BCUT2D eigenvalue weighted by molar-refractivity contribution is 9.10. The number of nitrogens with one attached hydrogen (secondary N) is 1. The summed E-state index contributed by atoms with van der Waals surface area (Å²) < 4.78 is 5.69. The maximum Gasteiger partial charge on any atom is 0.307 e. The second-order valence-corrected chi connectivity index (χ2v) is 4.72. The summed E-state index contributed by atoms with van der Waals surface area (Å²) in [6, 6.07) is 7.30. The first kappa shape index (κ1) is 14.5. The molecule has 0 radical (unpaired) electrons. The smallest absolute Gasteiger partial charge is 0.307 e. The third-order valence-corrected chi connectivity index (χ3v) is 2.93. The molecule has 1 atom stereocenters. The summed E-state index contributed by atoms with van der Waals surface area (Å²) in [5.41, 5.74) is 1.44. The van der Waals surface area contributed by atoms with Crippen molar-refractivity contribution in [1.82, 2.24) is 0 Å². The van der Waals surface area contributed by atoms with E-state index in [1.807, 2.05) is 13.0 Å². The van der Waals surface area contributed by atoms with Gasteiger partial charge in [-0.05, 0) is 48.0 Å². The summed E-state index contributed by atoms with van der Waals surface area (Å²) in [6.07, 6.45) is 0.306. The Morgan fingerprint density at radius 3 is 2.89 bits per heavy atom. The molecule has 1 rings (SSSR count). The highest BCUT2D eigenvalue weighted by atomic mass is 79.9. The number of halogens is 1. The largest absolute Gasteiger partial charge is 0.466 e. The molecule has 1 unspecified atom stereocenters. The predicted octanol–water partition coefficient (Wildman–Crippen LogP) is 3.07. The van der Waals surface area contributed by atoms with Gasteiger partial charge in [-0.25, -0.2) is 0 Å². The Bertz CT molecular complexity index is 469. The quantitative estimate of drug-likeness (QED) is 0.849. The van der Waals surface area contributed by atoms with E-state index >= 15 is 0 Å². The summed E-state index contributed by atoms with van der Waals surface area (Å²) in [5.74, 6) is -0.220. The number of ether oxygens (including phenoxy) is 1. The average Bonchev–Trinajstić information content (AvgIpc) is 2.31. The van der Waals surface area contributed by atoms with Gasteiger partial charge in [0.25, 0.3) is 0 Å². The third-order valence-electron chi connectivity index (χ3n) is 2.28. The monoisotopic (exact) mass is 310 g/mol. The highest BCUT2D eigenvalue weighted by Crippen LogP contribution is 2.24. The molecule has 0 heterocycles. The summed E-state index contributed by atoms with van der Waals surface area (Å²) in [7, 11) is 0. The zero-order valence-electron chi connectivity index (χ0n) is 10.4. The molecule has 4 nitrogen and oxygen atoms in total. The molecule has 1 aromatic carbocycles. The molecule has 0 aliphatic rings. The van der Waals surface area contributed by atoms with E-state index in [0.29, 0.717) is 18.6 Å². The number of nitriles is 1. The van der Waals surface area contributed by atoms with Crippen LogP contribution in [0, 0.1) is 11.3 Å². The van der Waals surface area contributed by atoms with Crippen LogP contribution >= 0.6 is 15.9 Å². The predicted molar refractivity (Wildman–Crippen MR) is 73.2 cm³/mol. The molecule has 0 amide bonds. The van der Waals surface area contributed by atoms with Gasteiger partial charge >= 0.3 is 5.97 Å². The lowest BCUT2D eigenvalue weighted by molar-refractivity contribution is -0.143. The number of esters is 1. The van der Waals surface area contributed by atoms with Gasteiger partial charge in [0.2, 0.25) is 0 Å². The van der Waals surface area contributed by atoms with Crippen LogP contribution in [0.2, 0.25) is 0 Å². The van der Waals surface area contributed by atoms with E-state index in [4.69, 9.17) is 10.00 Å². The molecule has 1 aromatic rings. The molecule has 0 saturated heterocycles. The van der Waals surface area contributed by atoms with Crippen molar-refractivity contribution in [2.24, 2.45) is 0 Å². The molecular weight excluding hydrogens is 296 g/mol. The summed E-state index contributed by atoms with van der Waals surface area (Å²) >= 11 is 3.38. The number of nitrogens with zero attached hydrogens (tertiary/aromatic N) is 1. The average molecular weight is 311 g/mol. The van der Waals surface area contributed by atoms with E-state index in [-0.39, 0.29) is 12.0 Å². The first-order valence-electron chi connectivity index (χ1n) is 5.68. The van der Waals surface area contributed by atoms with Crippen molar-refractivity contribution < 1.29 is 9.53 Å². The van der Waals surface area contributed by atoms with Gasteiger partial charge in [-0.2, -0.15) is 5.26 Å². The summed E-state index contributed by atoms with van der Waals surface area (Å²) in [6.45, 7) is 4.08. The number of benzene rings is 1.